The fourth-order valence-corrected chi connectivity index (χ4v) is 1.75. The highest BCUT2D eigenvalue weighted by atomic mass is 16.7. The number of anilines is 1. The Bertz CT molecular complexity index is 352. The van der Waals surface area contributed by atoms with Crippen molar-refractivity contribution in [2.24, 2.45) is 5.92 Å². The second kappa shape index (κ2) is 8.82. The highest BCUT2D eigenvalue weighted by Crippen LogP contribution is 2.09. The number of aromatic nitrogens is 2. The van der Waals surface area contributed by atoms with E-state index in [1.54, 1.807) is 6.33 Å². The summed E-state index contributed by atoms with van der Waals surface area (Å²) in [5, 5.41) is 3.23. The molecule has 1 N–H and O–H groups in total. The van der Waals surface area contributed by atoms with Crippen molar-refractivity contribution in [3.8, 4) is 0 Å². The Labute approximate surface area is 115 Å². The van der Waals surface area contributed by atoms with Gasteiger partial charge in [-0.25, -0.2) is 9.97 Å². The van der Waals surface area contributed by atoms with Crippen LogP contribution in [0.2, 0.25) is 0 Å². The molecule has 0 saturated heterocycles. The summed E-state index contributed by atoms with van der Waals surface area (Å²) in [7, 11) is 0. The highest BCUT2D eigenvalue weighted by Gasteiger charge is 2.08. The summed E-state index contributed by atoms with van der Waals surface area (Å²) in [6, 6.07) is 1.98. The third-order valence-corrected chi connectivity index (χ3v) is 2.50. The van der Waals surface area contributed by atoms with Crippen molar-refractivity contribution in [3.05, 3.63) is 18.1 Å². The average molecular weight is 267 g/mol. The van der Waals surface area contributed by atoms with E-state index in [-0.39, 0.29) is 6.29 Å². The lowest BCUT2D eigenvalue weighted by atomic mass is 10.1. The molecule has 1 aromatic rings. The van der Waals surface area contributed by atoms with Crippen LogP contribution in [-0.4, -0.2) is 36.0 Å². The van der Waals surface area contributed by atoms with Crippen molar-refractivity contribution in [1.29, 1.82) is 0 Å². The monoisotopic (exact) mass is 267 g/mol. The van der Waals surface area contributed by atoms with Crippen molar-refractivity contribution in [2.45, 2.75) is 40.4 Å². The van der Waals surface area contributed by atoms with E-state index in [9.17, 15) is 0 Å². The van der Waals surface area contributed by atoms with Crippen LogP contribution in [0.1, 0.15) is 33.4 Å². The third-order valence-electron chi connectivity index (χ3n) is 2.50. The van der Waals surface area contributed by atoms with E-state index in [1.807, 2.05) is 19.9 Å². The quantitative estimate of drug-likeness (QED) is 0.697. The highest BCUT2D eigenvalue weighted by molar-refractivity contribution is 5.34. The summed E-state index contributed by atoms with van der Waals surface area (Å²) in [6.07, 6.45) is 2.31. The lowest BCUT2D eigenvalue weighted by Crippen LogP contribution is -2.26. The maximum absolute atomic E-state index is 5.47. The van der Waals surface area contributed by atoms with Gasteiger partial charge in [0.2, 0.25) is 0 Å². The molecule has 0 bridgehead atoms. The van der Waals surface area contributed by atoms with Gasteiger partial charge < -0.3 is 14.8 Å². The van der Waals surface area contributed by atoms with Gasteiger partial charge in [0.1, 0.15) is 12.1 Å². The van der Waals surface area contributed by atoms with Gasteiger partial charge in [-0.2, -0.15) is 0 Å². The third kappa shape index (κ3) is 6.50. The molecule has 0 radical (unpaired) electrons. The van der Waals surface area contributed by atoms with Crippen molar-refractivity contribution in [2.75, 3.05) is 25.1 Å². The van der Waals surface area contributed by atoms with E-state index < -0.39 is 0 Å². The summed E-state index contributed by atoms with van der Waals surface area (Å²) in [5.74, 6) is 1.40. The molecule has 0 aliphatic rings. The van der Waals surface area contributed by atoms with Crippen LogP contribution in [0.15, 0.2) is 12.4 Å². The van der Waals surface area contributed by atoms with E-state index in [2.05, 4.69) is 29.1 Å². The van der Waals surface area contributed by atoms with E-state index in [4.69, 9.17) is 9.47 Å². The van der Waals surface area contributed by atoms with Crippen LogP contribution in [0.3, 0.4) is 0 Å². The first kappa shape index (κ1) is 15.9. The molecule has 0 aromatic carbocycles. The SMILES string of the molecule is CCOC(CNc1cc(CC(C)C)ncn1)OCC. The number of hydrogen-bond donors (Lipinski definition) is 1. The zero-order chi connectivity index (χ0) is 14.1. The first-order chi connectivity index (χ1) is 9.15. The predicted molar refractivity (Wildman–Crippen MR) is 76.1 cm³/mol. The van der Waals surface area contributed by atoms with Crippen molar-refractivity contribution >= 4 is 5.82 Å². The first-order valence-corrected chi connectivity index (χ1v) is 6.93. The Morgan fingerprint density at radius 3 is 2.42 bits per heavy atom. The van der Waals surface area contributed by atoms with Gasteiger partial charge in [-0.1, -0.05) is 13.8 Å². The molecule has 0 atom stereocenters. The lowest BCUT2D eigenvalue weighted by Gasteiger charge is -2.17. The maximum atomic E-state index is 5.47. The van der Waals surface area contributed by atoms with Crippen LogP contribution < -0.4 is 5.32 Å². The van der Waals surface area contributed by atoms with Gasteiger partial charge in [0.25, 0.3) is 0 Å². The van der Waals surface area contributed by atoms with Gasteiger partial charge in [0.05, 0.1) is 6.54 Å². The minimum Gasteiger partial charge on any atom is -0.365 e. The van der Waals surface area contributed by atoms with Gasteiger partial charge in [0, 0.05) is 25.0 Å². The molecule has 108 valence electrons. The molecule has 0 saturated carbocycles. The molecule has 1 rings (SSSR count). The molecule has 5 heteroatoms. The minimum absolute atomic E-state index is 0.237. The van der Waals surface area contributed by atoms with Crippen LogP contribution in [-0.2, 0) is 15.9 Å². The first-order valence-electron chi connectivity index (χ1n) is 6.93. The molecule has 0 fully saturated rings. The second-order valence-electron chi connectivity index (χ2n) is 4.71. The van der Waals surface area contributed by atoms with E-state index in [0.717, 1.165) is 17.9 Å². The molecule has 0 aliphatic carbocycles. The Balaban J connectivity index is 2.51. The zero-order valence-corrected chi connectivity index (χ0v) is 12.3. The maximum Gasteiger partial charge on any atom is 0.174 e. The minimum atomic E-state index is -0.237. The summed E-state index contributed by atoms with van der Waals surface area (Å²) >= 11 is 0. The molecular weight excluding hydrogens is 242 g/mol. The van der Waals surface area contributed by atoms with Crippen LogP contribution >= 0.6 is 0 Å². The number of nitrogens with one attached hydrogen (secondary N) is 1. The number of rotatable bonds is 9. The molecular formula is C14H25N3O2. The van der Waals surface area contributed by atoms with Crippen LogP contribution in [0.5, 0.6) is 0 Å². The van der Waals surface area contributed by atoms with Gasteiger partial charge >= 0.3 is 0 Å². The van der Waals surface area contributed by atoms with Crippen LogP contribution in [0.25, 0.3) is 0 Å². The molecule has 0 unspecified atom stereocenters. The van der Waals surface area contributed by atoms with E-state index in [0.29, 0.717) is 25.7 Å². The second-order valence-corrected chi connectivity index (χ2v) is 4.71. The fraction of sp³-hybridized carbons (Fsp3) is 0.714. The fourth-order valence-electron chi connectivity index (χ4n) is 1.75. The average Bonchev–Trinajstić information content (AvgIpc) is 2.36. The molecule has 0 spiro atoms. The van der Waals surface area contributed by atoms with Crippen molar-refractivity contribution in [1.82, 2.24) is 9.97 Å². The number of hydrogen-bond acceptors (Lipinski definition) is 5. The Kier molecular flexibility index (Phi) is 7.36. The Morgan fingerprint density at radius 2 is 1.84 bits per heavy atom. The molecule has 0 amide bonds. The normalized spacial score (nSPS) is 11.3. The van der Waals surface area contributed by atoms with E-state index in [1.165, 1.54) is 0 Å². The molecule has 0 aliphatic heterocycles. The number of nitrogens with zero attached hydrogens (tertiary/aromatic N) is 2. The predicted octanol–water partition coefficient (Wildman–Crippen LogP) is 2.49. The molecule has 1 heterocycles. The number of ether oxygens (including phenoxy) is 2. The molecule has 19 heavy (non-hydrogen) atoms. The Hall–Kier alpha value is -1.20. The Morgan fingerprint density at radius 1 is 1.16 bits per heavy atom. The zero-order valence-electron chi connectivity index (χ0n) is 12.3. The van der Waals surface area contributed by atoms with Crippen LogP contribution in [0, 0.1) is 5.92 Å². The largest absolute Gasteiger partial charge is 0.365 e. The van der Waals surface area contributed by atoms with E-state index >= 15 is 0 Å². The van der Waals surface area contributed by atoms with Gasteiger partial charge in [0.15, 0.2) is 6.29 Å². The van der Waals surface area contributed by atoms with Gasteiger partial charge in [-0.15, -0.1) is 0 Å². The summed E-state index contributed by atoms with van der Waals surface area (Å²) in [4.78, 5) is 8.47. The lowest BCUT2D eigenvalue weighted by molar-refractivity contribution is -0.126. The van der Waals surface area contributed by atoms with Crippen molar-refractivity contribution in [3.63, 3.8) is 0 Å². The smallest absolute Gasteiger partial charge is 0.174 e. The topological polar surface area (TPSA) is 56.3 Å². The molecule has 1 aromatic heterocycles. The summed E-state index contributed by atoms with van der Waals surface area (Å²) in [6.45, 7) is 10.1. The standard InChI is InChI=1S/C14H25N3O2/c1-5-18-14(19-6-2)9-15-13-8-12(7-11(3)4)16-10-17-13/h8,10-11,14H,5-7,9H2,1-4H3,(H,15,16,17). The summed E-state index contributed by atoms with van der Waals surface area (Å²) < 4.78 is 10.9. The van der Waals surface area contributed by atoms with Crippen LogP contribution in [0.4, 0.5) is 5.82 Å². The van der Waals surface area contributed by atoms with Gasteiger partial charge in [-0.3, -0.25) is 0 Å². The molecule has 5 nitrogen and oxygen atoms in total. The van der Waals surface area contributed by atoms with Gasteiger partial charge in [-0.05, 0) is 26.2 Å². The van der Waals surface area contributed by atoms with Crippen molar-refractivity contribution < 1.29 is 9.47 Å². The summed E-state index contributed by atoms with van der Waals surface area (Å²) in [5.41, 5.74) is 1.05.